The summed E-state index contributed by atoms with van der Waals surface area (Å²) in [4.78, 5) is 1.65. The van der Waals surface area contributed by atoms with Crippen molar-refractivity contribution in [2.45, 2.75) is 20.3 Å². The molecule has 0 spiro atoms. The number of ether oxygens (including phenoxy) is 1. The van der Waals surface area contributed by atoms with Gasteiger partial charge in [-0.25, -0.2) is 0 Å². The molecule has 15 heavy (non-hydrogen) atoms. The molecular weight excluding hydrogens is 190 g/mol. The van der Waals surface area contributed by atoms with Crippen molar-refractivity contribution in [2.75, 3.05) is 32.8 Å². The van der Waals surface area contributed by atoms with Crippen molar-refractivity contribution in [3.8, 4) is 0 Å². The number of quaternary nitrogens is 1. The standard InChI is InChI=1S/C11H19N3O/c1-9-11(10(2)13-12-9)3-4-14-5-7-15-8-6-14/h3-8H2,1-2H3,(H,12,13)/p+1. The fourth-order valence-corrected chi connectivity index (χ4v) is 2.15. The van der Waals surface area contributed by atoms with E-state index >= 15 is 0 Å². The maximum absolute atomic E-state index is 5.34. The van der Waals surface area contributed by atoms with E-state index in [1.165, 1.54) is 17.8 Å². The molecule has 0 aromatic carbocycles. The molecule has 1 saturated heterocycles. The lowest BCUT2D eigenvalue weighted by molar-refractivity contribution is -0.907. The van der Waals surface area contributed by atoms with Crippen molar-refractivity contribution in [3.05, 3.63) is 17.0 Å². The van der Waals surface area contributed by atoms with E-state index in [9.17, 15) is 0 Å². The molecule has 0 radical (unpaired) electrons. The van der Waals surface area contributed by atoms with Crippen molar-refractivity contribution in [3.63, 3.8) is 0 Å². The van der Waals surface area contributed by atoms with Crippen LogP contribution in [0.4, 0.5) is 0 Å². The summed E-state index contributed by atoms with van der Waals surface area (Å²) in [6.45, 7) is 9.51. The Morgan fingerprint density at radius 3 is 2.67 bits per heavy atom. The van der Waals surface area contributed by atoms with Crippen molar-refractivity contribution >= 4 is 0 Å². The van der Waals surface area contributed by atoms with Gasteiger partial charge < -0.3 is 9.64 Å². The van der Waals surface area contributed by atoms with Gasteiger partial charge in [0, 0.05) is 17.7 Å². The first-order chi connectivity index (χ1) is 7.27. The molecule has 4 nitrogen and oxygen atoms in total. The van der Waals surface area contributed by atoms with Crippen molar-refractivity contribution in [1.29, 1.82) is 0 Å². The van der Waals surface area contributed by atoms with E-state index in [0.29, 0.717) is 0 Å². The van der Waals surface area contributed by atoms with Crippen LogP contribution in [0.25, 0.3) is 0 Å². The molecule has 1 aliphatic rings. The van der Waals surface area contributed by atoms with Crippen LogP contribution in [0.15, 0.2) is 0 Å². The second-order valence-electron chi connectivity index (χ2n) is 4.27. The second kappa shape index (κ2) is 4.77. The average molecular weight is 210 g/mol. The fourth-order valence-electron chi connectivity index (χ4n) is 2.15. The molecule has 1 aromatic rings. The summed E-state index contributed by atoms with van der Waals surface area (Å²) in [5.41, 5.74) is 3.77. The highest BCUT2D eigenvalue weighted by molar-refractivity contribution is 5.22. The normalized spacial score (nSPS) is 18.3. The number of rotatable bonds is 3. The Morgan fingerprint density at radius 1 is 1.33 bits per heavy atom. The summed E-state index contributed by atoms with van der Waals surface area (Å²) in [7, 11) is 0. The minimum Gasteiger partial charge on any atom is -0.370 e. The SMILES string of the molecule is Cc1n[nH]c(C)c1CC[NH+]1CCOCC1. The Labute approximate surface area is 90.6 Å². The lowest BCUT2D eigenvalue weighted by atomic mass is 10.1. The summed E-state index contributed by atoms with van der Waals surface area (Å²) >= 11 is 0. The third-order valence-corrected chi connectivity index (χ3v) is 3.21. The van der Waals surface area contributed by atoms with Crippen molar-refractivity contribution < 1.29 is 9.64 Å². The summed E-state index contributed by atoms with van der Waals surface area (Å²) in [5, 5.41) is 7.26. The number of morpholine rings is 1. The molecule has 2 rings (SSSR count). The molecule has 4 heteroatoms. The zero-order valence-corrected chi connectivity index (χ0v) is 9.60. The van der Waals surface area contributed by atoms with Crippen LogP contribution < -0.4 is 4.90 Å². The number of nitrogens with one attached hydrogen (secondary N) is 2. The molecule has 2 N–H and O–H groups in total. The summed E-state index contributed by atoms with van der Waals surface area (Å²) in [5.74, 6) is 0. The van der Waals surface area contributed by atoms with Gasteiger partial charge >= 0.3 is 0 Å². The van der Waals surface area contributed by atoms with Crippen LogP contribution >= 0.6 is 0 Å². The third kappa shape index (κ3) is 2.58. The highest BCUT2D eigenvalue weighted by atomic mass is 16.5. The van der Waals surface area contributed by atoms with Gasteiger partial charge in [0.1, 0.15) is 13.1 Å². The summed E-state index contributed by atoms with van der Waals surface area (Å²) < 4.78 is 5.34. The van der Waals surface area contributed by atoms with Gasteiger partial charge in [-0.05, 0) is 13.8 Å². The van der Waals surface area contributed by atoms with E-state index in [2.05, 4.69) is 24.0 Å². The zero-order valence-electron chi connectivity index (χ0n) is 9.60. The van der Waals surface area contributed by atoms with Gasteiger partial charge in [-0.2, -0.15) is 5.10 Å². The maximum atomic E-state index is 5.34. The zero-order chi connectivity index (χ0) is 10.7. The van der Waals surface area contributed by atoms with Gasteiger partial charge in [0.15, 0.2) is 0 Å². The number of H-pyrrole nitrogens is 1. The van der Waals surface area contributed by atoms with Gasteiger partial charge in [-0.1, -0.05) is 0 Å². The van der Waals surface area contributed by atoms with Gasteiger partial charge in [-0.15, -0.1) is 0 Å². The van der Waals surface area contributed by atoms with Crippen LogP contribution in [0.3, 0.4) is 0 Å². The molecule has 1 aliphatic heterocycles. The molecule has 0 atom stereocenters. The number of nitrogens with zero attached hydrogens (tertiary/aromatic N) is 1. The highest BCUT2D eigenvalue weighted by Crippen LogP contribution is 2.08. The fraction of sp³-hybridized carbons (Fsp3) is 0.727. The molecule has 0 amide bonds. The first-order valence-corrected chi connectivity index (χ1v) is 5.69. The van der Waals surface area contributed by atoms with E-state index in [0.717, 1.165) is 38.4 Å². The molecule has 0 saturated carbocycles. The number of aromatic amines is 1. The predicted molar refractivity (Wildman–Crippen MR) is 58.1 cm³/mol. The number of hydrogen-bond acceptors (Lipinski definition) is 2. The van der Waals surface area contributed by atoms with Crippen molar-refractivity contribution in [1.82, 2.24) is 10.2 Å². The van der Waals surface area contributed by atoms with Crippen LogP contribution in [0, 0.1) is 13.8 Å². The van der Waals surface area contributed by atoms with Gasteiger partial charge in [0.25, 0.3) is 0 Å². The molecule has 0 aliphatic carbocycles. The quantitative estimate of drug-likeness (QED) is 0.705. The topological polar surface area (TPSA) is 42.3 Å². The minimum absolute atomic E-state index is 0.915. The van der Waals surface area contributed by atoms with Gasteiger partial charge in [0.2, 0.25) is 0 Å². The molecule has 1 aromatic heterocycles. The van der Waals surface area contributed by atoms with E-state index < -0.39 is 0 Å². The Hall–Kier alpha value is -0.870. The van der Waals surface area contributed by atoms with Gasteiger partial charge in [-0.3, -0.25) is 5.10 Å². The van der Waals surface area contributed by atoms with E-state index in [1.807, 2.05) is 0 Å². The monoisotopic (exact) mass is 210 g/mol. The number of aryl methyl sites for hydroxylation is 2. The van der Waals surface area contributed by atoms with Crippen LogP contribution in [0.2, 0.25) is 0 Å². The largest absolute Gasteiger partial charge is 0.370 e. The predicted octanol–water partition coefficient (Wildman–Crippen LogP) is -0.516. The molecule has 1 fully saturated rings. The molecule has 0 bridgehead atoms. The Balaban J connectivity index is 1.87. The Kier molecular flexibility index (Phi) is 3.38. The molecular formula is C11H20N3O+. The van der Waals surface area contributed by atoms with E-state index in [-0.39, 0.29) is 0 Å². The smallest absolute Gasteiger partial charge is 0.101 e. The van der Waals surface area contributed by atoms with Crippen LogP contribution in [0.5, 0.6) is 0 Å². The summed E-state index contributed by atoms with van der Waals surface area (Å²) in [6.07, 6.45) is 1.13. The minimum atomic E-state index is 0.915. The van der Waals surface area contributed by atoms with Crippen molar-refractivity contribution in [2.24, 2.45) is 0 Å². The maximum Gasteiger partial charge on any atom is 0.101 e. The first-order valence-electron chi connectivity index (χ1n) is 5.69. The lowest BCUT2D eigenvalue weighted by Crippen LogP contribution is -3.14. The Morgan fingerprint density at radius 2 is 2.07 bits per heavy atom. The third-order valence-electron chi connectivity index (χ3n) is 3.21. The second-order valence-corrected chi connectivity index (χ2v) is 4.27. The molecule has 2 heterocycles. The number of aromatic nitrogens is 2. The molecule has 0 unspecified atom stereocenters. The highest BCUT2D eigenvalue weighted by Gasteiger charge is 2.15. The van der Waals surface area contributed by atoms with E-state index in [4.69, 9.17) is 4.74 Å². The lowest BCUT2D eigenvalue weighted by Gasteiger charge is -2.23. The van der Waals surface area contributed by atoms with Gasteiger partial charge in [0.05, 0.1) is 25.5 Å². The number of hydrogen-bond donors (Lipinski definition) is 2. The van der Waals surface area contributed by atoms with Crippen LogP contribution in [0.1, 0.15) is 17.0 Å². The van der Waals surface area contributed by atoms with Crippen LogP contribution in [-0.2, 0) is 11.2 Å². The summed E-state index contributed by atoms with van der Waals surface area (Å²) in [6, 6.07) is 0. The average Bonchev–Trinajstić information content (AvgIpc) is 2.58. The van der Waals surface area contributed by atoms with E-state index in [1.54, 1.807) is 4.90 Å². The van der Waals surface area contributed by atoms with Crippen LogP contribution in [-0.4, -0.2) is 43.0 Å². The first kappa shape index (κ1) is 10.6. The molecule has 84 valence electrons. The Bertz CT molecular complexity index is 296.